The summed E-state index contributed by atoms with van der Waals surface area (Å²) in [4.78, 5) is 8.92. The van der Waals surface area contributed by atoms with Crippen LogP contribution in [0.25, 0.3) is 22.3 Å². The van der Waals surface area contributed by atoms with Gasteiger partial charge in [0.15, 0.2) is 0 Å². The number of nitrogens with zero attached hydrogens (tertiary/aromatic N) is 3. The van der Waals surface area contributed by atoms with Crippen LogP contribution in [0, 0.1) is 0 Å². The summed E-state index contributed by atoms with van der Waals surface area (Å²) in [5, 5.41) is 10.8. The number of hydrogen-bond acceptors (Lipinski definition) is 3. The molecular formula is C15H13N3O. The summed E-state index contributed by atoms with van der Waals surface area (Å²) in [5.41, 5.74) is 5.56. The number of benzene rings is 1. The van der Waals surface area contributed by atoms with Crippen molar-refractivity contribution in [2.45, 2.75) is 12.8 Å². The molecule has 4 heteroatoms. The van der Waals surface area contributed by atoms with E-state index in [1.807, 2.05) is 19.2 Å². The van der Waals surface area contributed by atoms with Gasteiger partial charge in [0, 0.05) is 30.3 Å². The molecule has 2 heterocycles. The van der Waals surface area contributed by atoms with Crippen LogP contribution in [0.2, 0.25) is 0 Å². The van der Waals surface area contributed by atoms with Crippen LogP contribution in [-0.2, 0) is 19.9 Å². The molecule has 0 aliphatic heterocycles. The normalized spacial score (nSPS) is 13.3. The van der Waals surface area contributed by atoms with E-state index in [1.165, 1.54) is 5.56 Å². The van der Waals surface area contributed by atoms with E-state index in [4.69, 9.17) is 0 Å². The molecule has 0 saturated heterocycles. The van der Waals surface area contributed by atoms with Crippen LogP contribution in [0.3, 0.4) is 0 Å². The minimum Gasteiger partial charge on any atom is -0.508 e. The molecule has 0 unspecified atom stereocenters. The van der Waals surface area contributed by atoms with Gasteiger partial charge in [0.2, 0.25) is 0 Å². The van der Waals surface area contributed by atoms with E-state index in [1.54, 1.807) is 18.5 Å². The zero-order chi connectivity index (χ0) is 13.0. The quantitative estimate of drug-likeness (QED) is 0.667. The first-order chi connectivity index (χ1) is 9.25. The van der Waals surface area contributed by atoms with Crippen molar-refractivity contribution in [3.05, 3.63) is 41.9 Å². The van der Waals surface area contributed by atoms with Crippen LogP contribution in [0.15, 0.2) is 30.6 Å². The Morgan fingerprint density at radius 1 is 1.16 bits per heavy atom. The Morgan fingerprint density at radius 2 is 2.00 bits per heavy atom. The maximum atomic E-state index is 9.70. The minimum atomic E-state index is 0.311. The average molecular weight is 251 g/mol. The third-order valence-electron chi connectivity index (χ3n) is 3.90. The fourth-order valence-electron chi connectivity index (χ4n) is 3.05. The predicted octanol–water partition coefficient (Wildman–Crippen LogP) is 2.44. The summed E-state index contributed by atoms with van der Waals surface area (Å²) in [5.74, 6) is 0.311. The van der Waals surface area contributed by atoms with Gasteiger partial charge in [-0.1, -0.05) is 0 Å². The highest BCUT2D eigenvalue weighted by molar-refractivity contribution is 5.93. The zero-order valence-corrected chi connectivity index (χ0v) is 10.6. The molecule has 2 aromatic heterocycles. The number of aryl methyl sites for hydroxylation is 3. The molecule has 1 aliphatic rings. The van der Waals surface area contributed by atoms with Crippen LogP contribution in [0.4, 0.5) is 0 Å². The van der Waals surface area contributed by atoms with Crippen molar-refractivity contribution in [1.82, 2.24) is 14.5 Å². The van der Waals surface area contributed by atoms with E-state index in [9.17, 15) is 5.11 Å². The predicted molar refractivity (Wildman–Crippen MR) is 73.0 cm³/mol. The molecule has 0 radical (unpaired) electrons. The molecule has 19 heavy (non-hydrogen) atoms. The molecule has 0 fully saturated rings. The first kappa shape index (κ1) is 10.6. The van der Waals surface area contributed by atoms with Crippen LogP contribution in [0.5, 0.6) is 5.75 Å². The second-order valence-corrected chi connectivity index (χ2v) is 4.94. The largest absolute Gasteiger partial charge is 0.508 e. The second kappa shape index (κ2) is 3.57. The topological polar surface area (TPSA) is 50.9 Å². The van der Waals surface area contributed by atoms with Gasteiger partial charge in [-0.25, -0.2) is 0 Å². The lowest BCUT2D eigenvalue weighted by Crippen LogP contribution is -2.08. The fraction of sp³-hybridized carbons (Fsp3) is 0.200. The molecule has 4 rings (SSSR count). The van der Waals surface area contributed by atoms with Gasteiger partial charge in [-0.2, -0.15) is 0 Å². The number of aromatic nitrogens is 3. The summed E-state index contributed by atoms with van der Waals surface area (Å²) < 4.78 is 2.15. The molecule has 0 bridgehead atoms. The molecule has 0 amide bonds. The Balaban J connectivity index is 2.14. The number of hydrogen-bond donors (Lipinski definition) is 1. The Hall–Kier alpha value is -2.36. The summed E-state index contributed by atoms with van der Waals surface area (Å²) in [6.45, 7) is 0. The van der Waals surface area contributed by atoms with Crippen molar-refractivity contribution in [3.8, 4) is 17.1 Å². The van der Waals surface area contributed by atoms with Crippen molar-refractivity contribution in [3.63, 3.8) is 0 Å². The molecule has 0 atom stereocenters. The molecule has 1 aromatic carbocycles. The third-order valence-corrected chi connectivity index (χ3v) is 3.90. The summed E-state index contributed by atoms with van der Waals surface area (Å²) in [6.07, 6.45) is 5.34. The van der Waals surface area contributed by atoms with Gasteiger partial charge >= 0.3 is 0 Å². The standard InChI is InChI=1S/C15H13N3O/c1-18-13-5-2-9(19)8-11(13)10-3-4-12-14(15(10)18)17-7-6-16-12/h2,5-8,19H,3-4H2,1H3. The van der Waals surface area contributed by atoms with E-state index in [0.29, 0.717) is 5.75 Å². The van der Waals surface area contributed by atoms with Crippen molar-refractivity contribution in [1.29, 1.82) is 0 Å². The van der Waals surface area contributed by atoms with Crippen molar-refractivity contribution < 1.29 is 5.11 Å². The summed E-state index contributed by atoms with van der Waals surface area (Å²) in [7, 11) is 2.04. The van der Waals surface area contributed by atoms with Crippen molar-refractivity contribution >= 4 is 10.9 Å². The van der Waals surface area contributed by atoms with Gasteiger partial charge in [-0.15, -0.1) is 0 Å². The van der Waals surface area contributed by atoms with Gasteiger partial charge in [0.1, 0.15) is 11.4 Å². The molecular weight excluding hydrogens is 238 g/mol. The monoisotopic (exact) mass is 251 g/mol. The van der Waals surface area contributed by atoms with Crippen LogP contribution >= 0.6 is 0 Å². The number of phenolic OH excluding ortho intramolecular Hbond substituents is 1. The van der Waals surface area contributed by atoms with Gasteiger partial charge in [0.25, 0.3) is 0 Å². The van der Waals surface area contributed by atoms with E-state index in [2.05, 4.69) is 14.5 Å². The van der Waals surface area contributed by atoms with Gasteiger partial charge < -0.3 is 9.67 Å². The maximum absolute atomic E-state index is 9.70. The highest BCUT2D eigenvalue weighted by Gasteiger charge is 2.24. The Bertz CT molecular complexity index is 805. The van der Waals surface area contributed by atoms with E-state index in [0.717, 1.165) is 40.8 Å². The minimum absolute atomic E-state index is 0.311. The average Bonchev–Trinajstić information content (AvgIpc) is 2.72. The van der Waals surface area contributed by atoms with E-state index in [-0.39, 0.29) is 0 Å². The second-order valence-electron chi connectivity index (χ2n) is 4.94. The summed E-state index contributed by atoms with van der Waals surface area (Å²) in [6, 6.07) is 5.53. The maximum Gasteiger partial charge on any atom is 0.116 e. The Morgan fingerprint density at radius 3 is 2.89 bits per heavy atom. The number of rotatable bonds is 0. The lowest BCUT2D eigenvalue weighted by Gasteiger charge is -2.15. The molecule has 0 spiro atoms. The van der Waals surface area contributed by atoms with Gasteiger partial charge in [-0.3, -0.25) is 9.97 Å². The highest BCUT2D eigenvalue weighted by atomic mass is 16.3. The molecule has 3 aromatic rings. The lowest BCUT2D eigenvalue weighted by molar-refractivity contribution is 0.476. The zero-order valence-electron chi connectivity index (χ0n) is 10.6. The van der Waals surface area contributed by atoms with Crippen LogP contribution in [0.1, 0.15) is 11.3 Å². The van der Waals surface area contributed by atoms with E-state index >= 15 is 0 Å². The number of phenols is 1. The van der Waals surface area contributed by atoms with E-state index < -0.39 is 0 Å². The Labute approximate surface area is 110 Å². The smallest absolute Gasteiger partial charge is 0.116 e. The first-order valence-electron chi connectivity index (χ1n) is 6.36. The molecule has 94 valence electrons. The van der Waals surface area contributed by atoms with Crippen molar-refractivity contribution in [2.75, 3.05) is 0 Å². The van der Waals surface area contributed by atoms with Crippen molar-refractivity contribution in [2.24, 2.45) is 7.05 Å². The Kier molecular flexibility index (Phi) is 1.98. The lowest BCUT2D eigenvalue weighted by atomic mass is 9.95. The molecule has 1 N–H and O–H groups in total. The highest BCUT2D eigenvalue weighted by Crippen LogP contribution is 2.38. The number of fused-ring (bicyclic) bond motifs is 5. The molecule has 0 saturated carbocycles. The summed E-state index contributed by atoms with van der Waals surface area (Å²) >= 11 is 0. The fourth-order valence-corrected chi connectivity index (χ4v) is 3.05. The SMILES string of the molecule is Cn1c2c(c3cc(O)ccc31)CCc1nccnc1-2. The molecule has 1 aliphatic carbocycles. The van der Waals surface area contributed by atoms with Crippen LogP contribution in [-0.4, -0.2) is 19.6 Å². The third kappa shape index (κ3) is 1.34. The number of aromatic hydroxyl groups is 1. The first-order valence-corrected chi connectivity index (χ1v) is 6.36. The van der Waals surface area contributed by atoms with Crippen LogP contribution < -0.4 is 0 Å². The van der Waals surface area contributed by atoms with Gasteiger partial charge in [-0.05, 0) is 36.6 Å². The van der Waals surface area contributed by atoms with Gasteiger partial charge in [0.05, 0.1) is 11.4 Å². The molecule has 4 nitrogen and oxygen atoms in total.